The van der Waals surface area contributed by atoms with Crippen molar-refractivity contribution < 1.29 is 9.47 Å². The predicted octanol–water partition coefficient (Wildman–Crippen LogP) is 0.608. The molecular formula is C13H22N4O2. The molecule has 1 saturated heterocycles. The quantitative estimate of drug-likeness (QED) is 0.842. The van der Waals surface area contributed by atoms with Gasteiger partial charge in [-0.15, -0.1) is 0 Å². The summed E-state index contributed by atoms with van der Waals surface area (Å²) in [4.78, 5) is 11.2. The van der Waals surface area contributed by atoms with Gasteiger partial charge >= 0.3 is 0 Å². The van der Waals surface area contributed by atoms with Crippen LogP contribution in [0.4, 0.5) is 5.95 Å². The maximum Gasteiger partial charge on any atom is 0.229 e. The molecule has 2 rings (SSSR count). The van der Waals surface area contributed by atoms with Gasteiger partial charge in [-0.3, -0.25) is 0 Å². The minimum absolute atomic E-state index is 0.264. The fraction of sp³-hybridized carbons (Fsp3) is 0.692. The standard InChI is InChI=1S/C13H22N4O2/c1-4-14-8-11-9-19-6-5-17(11)13-15-10(2)7-12(16-13)18-3/h7,11,14H,4-6,8-9H2,1-3H3. The summed E-state index contributed by atoms with van der Waals surface area (Å²) >= 11 is 0. The third kappa shape index (κ3) is 3.54. The van der Waals surface area contributed by atoms with E-state index in [1.54, 1.807) is 7.11 Å². The first-order chi connectivity index (χ1) is 9.24. The summed E-state index contributed by atoms with van der Waals surface area (Å²) in [6.07, 6.45) is 0. The summed E-state index contributed by atoms with van der Waals surface area (Å²) in [5.74, 6) is 1.33. The molecule has 1 N–H and O–H groups in total. The highest BCUT2D eigenvalue weighted by Gasteiger charge is 2.25. The van der Waals surface area contributed by atoms with Crippen LogP contribution in [-0.2, 0) is 4.74 Å². The van der Waals surface area contributed by atoms with Gasteiger partial charge in [0.05, 0.1) is 26.4 Å². The zero-order chi connectivity index (χ0) is 13.7. The minimum Gasteiger partial charge on any atom is -0.481 e. The molecule has 0 bridgehead atoms. The fourth-order valence-electron chi connectivity index (χ4n) is 2.16. The summed E-state index contributed by atoms with van der Waals surface area (Å²) in [5.41, 5.74) is 0.913. The molecule has 6 heteroatoms. The normalized spacial score (nSPS) is 19.5. The van der Waals surface area contributed by atoms with Crippen molar-refractivity contribution in [1.29, 1.82) is 0 Å². The highest BCUT2D eigenvalue weighted by molar-refractivity contribution is 5.36. The number of nitrogens with zero attached hydrogens (tertiary/aromatic N) is 3. The van der Waals surface area contributed by atoms with Crippen LogP contribution in [0.25, 0.3) is 0 Å². The Bertz CT molecular complexity index is 414. The first kappa shape index (κ1) is 14.0. The van der Waals surface area contributed by atoms with E-state index < -0.39 is 0 Å². The number of methoxy groups -OCH3 is 1. The minimum atomic E-state index is 0.264. The number of morpholine rings is 1. The van der Waals surface area contributed by atoms with Crippen LogP contribution >= 0.6 is 0 Å². The molecule has 1 aliphatic heterocycles. The maximum atomic E-state index is 5.55. The molecule has 0 aliphatic carbocycles. The molecule has 0 saturated carbocycles. The van der Waals surface area contributed by atoms with Gasteiger partial charge < -0.3 is 19.7 Å². The van der Waals surface area contributed by atoms with Crippen molar-refractivity contribution in [2.45, 2.75) is 19.9 Å². The Morgan fingerprint density at radius 1 is 1.53 bits per heavy atom. The van der Waals surface area contributed by atoms with E-state index in [0.717, 1.165) is 31.3 Å². The predicted molar refractivity (Wildman–Crippen MR) is 73.8 cm³/mol. The summed E-state index contributed by atoms with van der Waals surface area (Å²) in [6, 6.07) is 2.10. The van der Waals surface area contributed by atoms with E-state index in [2.05, 4.69) is 27.1 Å². The molecule has 6 nitrogen and oxygen atoms in total. The lowest BCUT2D eigenvalue weighted by molar-refractivity contribution is 0.0929. The van der Waals surface area contributed by atoms with Crippen molar-refractivity contribution in [2.24, 2.45) is 0 Å². The summed E-state index contributed by atoms with van der Waals surface area (Å²) in [5, 5.41) is 3.35. The lowest BCUT2D eigenvalue weighted by Gasteiger charge is -2.35. The first-order valence-corrected chi connectivity index (χ1v) is 6.69. The van der Waals surface area contributed by atoms with Gasteiger partial charge in [0.25, 0.3) is 0 Å². The van der Waals surface area contributed by atoms with E-state index in [1.165, 1.54) is 0 Å². The molecule has 1 unspecified atom stereocenters. The number of aryl methyl sites for hydroxylation is 1. The number of hydrogen-bond donors (Lipinski definition) is 1. The second-order valence-corrected chi connectivity index (χ2v) is 4.58. The van der Waals surface area contributed by atoms with Crippen molar-refractivity contribution in [3.8, 4) is 5.88 Å². The lowest BCUT2D eigenvalue weighted by Crippen LogP contribution is -2.51. The Morgan fingerprint density at radius 3 is 3.11 bits per heavy atom. The molecule has 1 atom stereocenters. The number of aromatic nitrogens is 2. The lowest BCUT2D eigenvalue weighted by atomic mass is 10.2. The average Bonchev–Trinajstić information content (AvgIpc) is 2.44. The molecule has 0 amide bonds. The Kier molecular flexibility index (Phi) is 4.93. The zero-order valence-corrected chi connectivity index (χ0v) is 11.8. The van der Waals surface area contributed by atoms with E-state index in [-0.39, 0.29) is 6.04 Å². The monoisotopic (exact) mass is 266 g/mol. The molecule has 19 heavy (non-hydrogen) atoms. The number of likely N-dealkylation sites (N-methyl/N-ethyl adjacent to an activating group) is 1. The summed E-state index contributed by atoms with van der Waals surface area (Å²) in [6.45, 7) is 8.09. The molecule has 106 valence electrons. The Morgan fingerprint density at radius 2 is 2.37 bits per heavy atom. The molecule has 1 fully saturated rings. The number of rotatable bonds is 5. The third-order valence-electron chi connectivity index (χ3n) is 3.14. The van der Waals surface area contributed by atoms with Crippen LogP contribution in [0.5, 0.6) is 5.88 Å². The third-order valence-corrected chi connectivity index (χ3v) is 3.14. The van der Waals surface area contributed by atoms with E-state index in [9.17, 15) is 0 Å². The molecule has 1 aliphatic rings. The van der Waals surface area contributed by atoms with E-state index in [4.69, 9.17) is 9.47 Å². The van der Waals surface area contributed by atoms with Crippen LogP contribution in [0.15, 0.2) is 6.07 Å². The van der Waals surface area contributed by atoms with Gasteiger partial charge in [-0.2, -0.15) is 4.98 Å². The number of ether oxygens (including phenoxy) is 2. The van der Waals surface area contributed by atoms with Crippen molar-refractivity contribution >= 4 is 5.95 Å². The van der Waals surface area contributed by atoms with Gasteiger partial charge in [-0.25, -0.2) is 4.98 Å². The molecule has 1 aromatic heterocycles. The van der Waals surface area contributed by atoms with Crippen molar-refractivity contribution in [2.75, 3.05) is 44.9 Å². The van der Waals surface area contributed by atoms with Crippen LogP contribution in [0, 0.1) is 6.92 Å². The topological polar surface area (TPSA) is 59.5 Å². The van der Waals surface area contributed by atoms with E-state index in [1.807, 2.05) is 13.0 Å². The maximum absolute atomic E-state index is 5.55. The Balaban J connectivity index is 2.18. The molecule has 2 heterocycles. The number of anilines is 1. The fourth-order valence-corrected chi connectivity index (χ4v) is 2.16. The van der Waals surface area contributed by atoms with Crippen LogP contribution in [0.2, 0.25) is 0 Å². The highest BCUT2D eigenvalue weighted by Crippen LogP contribution is 2.19. The van der Waals surface area contributed by atoms with Crippen LogP contribution in [-0.4, -0.2) is 56.0 Å². The van der Waals surface area contributed by atoms with E-state index >= 15 is 0 Å². The number of nitrogens with one attached hydrogen (secondary N) is 1. The van der Waals surface area contributed by atoms with Gasteiger partial charge in [0, 0.05) is 24.8 Å². The SMILES string of the molecule is CCNCC1COCCN1c1nc(C)cc(OC)n1. The number of hydrogen-bond acceptors (Lipinski definition) is 6. The smallest absolute Gasteiger partial charge is 0.229 e. The molecule has 1 aromatic rings. The summed E-state index contributed by atoms with van der Waals surface area (Å²) in [7, 11) is 1.63. The van der Waals surface area contributed by atoms with Crippen molar-refractivity contribution in [1.82, 2.24) is 15.3 Å². The molecule has 0 spiro atoms. The van der Waals surface area contributed by atoms with Crippen molar-refractivity contribution in [3.05, 3.63) is 11.8 Å². The Hall–Kier alpha value is -1.40. The Labute approximate surface area is 114 Å². The van der Waals surface area contributed by atoms with Crippen molar-refractivity contribution in [3.63, 3.8) is 0 Å². The zero-order valence-electron chi connectivity index (χ0n) is 11.8. The molecular weight excluding hydrogens is 244 g/mol. The first-order valence-electron chi connectivity index (χ1n) is 6.69. The second-order valence-electron chi connectivity index (χ2n) is 4.58. The van der Waals surface area contributed by atoms with E-state index in [0.29, 0.717) is 19.1 Å². The average molecular weight is 266 g/mol. The van der Waals surface area contributed by atoms with Gasteiger partial charge in [0.1, 0.15) is 0 Å². The van der Waals surface area contributed by atoms with Gasteiger partial charge in [-0.1, -0.05) is 6.92 Å². The van der Waals surface area contributed by atoms with Gasteiger partial charge in [-0.05, 0) is 13.5 Å². The van der Waals surface area contributed by atoms with Crippen LogP contribution in [0.1, 0.15) is 12.6 Å². The van der Waals surface area contributed by atoms with Gasteiger partial charge in [0.2, 0.25) is 11.8 Å². The highest BCUT2D eigenvalue weighted by atomic mass is 16.5. The van der Waals surface area contributed by atoms with Crippen LogP contribution < -0.4 is 15.0 Å². The summed E-state index contributed by atoms with van der Waals surface area (Å²) < 4.78 is 10.8. The van der Waals surface area contributed by atoms with Gasteiger partial charge in [0.15, 0.2) is 0 Å². The van der Waals surface area contributed by atoms with Crippen LogP contribution in [0.3, 0.4) is 0 Å². The molecule has 0 aromatic carbocycles. The second kappa shape index (κ2) is 6.68. The largest absolute Gasteiger partial charge is 0.481 e. The molecule has 0 radical (unpaired) electrons.